The van der Waals surface area contributed by atoms with Crippen LogP contribution in [0.15, 0.2) is 30.3 Å². The van der Waals surface area contributed by atoms with E-state index in [1.54, 1.807) is 0 Å². The molecule has 0 aliphatic rings. The quantitative estimate of drug-likeness (QED) is 0.261. The first kappa shape index (κ1) is 18.6. The minimum Gasteiger partial charge on any atom is -1.00 e. The number of anilines is 1. The minimum atomic E-state index is -2.17. The van der Waals surface area contributed by atoms with Gasteiger partial charge in [0.2, 0.25) is 0 Å². The molecule has 0 aromatic heterocycles. The van der Waals surface area contributed by atoms with Gasteiger partial charge in [-0.1, -0.05) is 18.2 Å². The summed E-state index contributed by atoms with van der Waals surface area (Å²) in [5.74, 6) is 0. The van der Waals surface area contributed by atoms with Gasteiger partial charge in [-0.3, -0.25) is 0 Å². The molecule has 0 saturated heterocycles. The van der Waals surface area contributed by atoms with Gasteiger partial charge in [0.15, 0.2) is 0 Å². The molecular weight excluding hydrogens is 187 g/mol. The van der Waals surface area contributed by atoms with Gasteiger partial charge >= 0.3 is 26.2 Å². The fourth-order valence-electron chi connectivity index (χ4n) is 0.453. The predicted molar refractivity (Wildman–Crippen MR) is 51.6 cm³/mol. The number of para-hydroxylation sites is 1. The van der Waals surface area contributed by atoms with Crippen LogP contribution in [0.1, 0.15) is 1.43 Å². The second kappa shape index (κ2) is 11.9. The standard InChI is InChI=1S/C6H7N.BH3O3.ClH.Li.H/c7-6-4-2-1-3-5-6;2-1(3)4;;;/h1-5H,7H2;2-4H;1H;;/q;;;+1;-1. The maximum atomic E-state index is 7.17. The van der Waals surface area contributed by atoms with Gasteiger partial charge < -0.3 is 22.2 Å². The second-order valence-corrected chi connectivity index (χ2v) is 1.76. The second-order valence-electron chi connectivity index (χ2n) is 1.76. The molecule has 0 heterocycles. The Bertz CT molecular complexity index is 193. The van der Waals surface area contributed by atoms with E-state index in [1.165, 1.54) is 0 Å². The average molecular weight is 199 g/mol. The Morgan fingerprint density at radius 2 is 1.38 bits per heavy atom. The SMILES string of the molecule is Cl.Nc1ccccc1.OB(O)O.[H-].[Li+]. The predicted octanol–water partition coefficient (Wildman–Crippen LogP) is -3.24. The van der Waals surface area contributed by atoms with Crippen molar-refractivity contribution in [3.05, 3.63) is 30.3 Å². The first-order valence-electron chi connectivity index (χ1n) is 2.97. The monoisotopic (exact) mass is 199 g/mol. The Morgan fingerprint density at radius 1 is 1.08 bits per heavy atom. The molecule has 0 aliphatic carbocycles. The van der Waals surface area contributed by atoms with Gasteiger partial charge in [-0.05, 0) is 12.1 Å². The molecule has 0 unspecified atom stereocenters. The van der Waals surface area contributed by atoms with Crippen LogP contribution in [-0.2, 0) is 0 Å². The molecule has 13 heavy (non-hydrogen) atoms. The van der Waals surface area contributed by atoms with E-state index in [0.29, 0.717) is 0 Å². The fraction of sp³-hybridized carbons (Fsp3) is 0. The number of halogens is 1. The Hall–Kier alpha value is -0.148. The molecule has 0 atom stereocenters. The van der Waals surface area contributed by atoms with Gasteiger partial charge in [0.05, 0.1) is 0 Å². The van der Waals surface area contributed by atoms with Crippen molar-refractivity contribution in [3.63, 3.8) is 0 Å². The molecule has 0 amide bonds. The van der Waals surface area contributed by atoms with E-state index >= 15 is 0 Å². The summed E-state index contributed by atoms with van der Waals surface area (Å²) < 4.78 is 0. The van der Waals surface area contributed by atoms with Crippen molar-refractivity contribution in [2.45, 2.75) is 0 Å². The largest absolute Gasteiger partial charge is 1.00 e. The number of rotatable bonds is 0. The van der Waals surface area contributed by atoms with Crippen LogP contribution < -0.4 is 24.6 Å². The zero-order valence-corrected chi connectivity index (χ0v) is 8.11. The molecule has 0 bridgehead atoms. The zero-order chi connectivity index (χ0) is 8.69. The topological polar surface area (TPSA) is 86.7 Å². The Kier molecular flexibility index (Phi) is 17.0. The molecule has 0 aliphatic heterocycles. The van der Waals surface area contributed by atoms with Crippen molar-refractivity contribution in [3.8, 4) is 0 Å². The smallest absolute Gasteiger partial charge is 1.00 e. The minimum absolute atomic E-state index is 0. The Balaban J connectivity index is -0.0000000650. The van der Waals surface area contributed by atoms with Gasteiger partial charge in [-0.15, -0.1) is 12.4 Å². The molecule has 70 valence electrons. The normalized spacial score (nSPS) is 6.69. The molecule has 0 spiro atoms. The molecule has 1 rings (SSSR count). The summed E-state index contributed by atoms with van der Waals surface area (Å²) in [6, 6.07) is 9.49. The third-order valence-electron chi connectivity index (χ3n) is 0.800. The van der Waals surface area contributed by atoms with Crippen LogP contribution in [0.2, 0.25) is 0 Å². The van der Waals surface area contributed by atoms with Crippen LogP contribution in [0.25, 0.3) is 0 Å². The van der Waals surface area contributed by atoms with E-state index in [1.807, 2.05) is 30.3 Å². The zero-order valence-electron chi connectivity index (χ0n) is 8.29. The van der Waals surface area contributed by atoms with Crippen LogP contribution in [0.3, 0.4) is 0 Å². The molecule has 1 aromatic carbocycles. The van der Waals surface area contributed by atoms with E-state index in [0.717, 1.165) is 5.69 Å². The number of nitrogens with two attached hydrogens (primary N) is 1. The fourth-order valence-corrected chi connectivity index (χ4v) is 0.453. The Morgan fingerprint density at radius 3 is 1.54 bits per heavy atom. The van der Waals surface area contributed by atoms with Crippen LogP contribution in [0.4, 0.5) is 5.69 Å². The molecule has 0 saturated carbocycles. The van der Waals surface area contributed by atoms with Crippen molar-refractivity contribution in [2.24, 2.45) is 0 Å². The molecule has 4 nitrogen and oxygen atoms in total. The maximum Gasteiger partial charge on any atom is 1.00 e. The summed E-state index contributed by atoms with van der Waals surface area (Å²) in [7, 11) is -2.17. The van der Waals surface area contributed by atoms with Crippen LogP contribution in [-0.4, -0.2) is 22.4 Å². The van der Waals surface area contributed by atoms with Crippen molar-refractivity contribution in [1.29, 1.82) is 0 Å². The van der Waals surface area contributed by atoms with Gasteiger partial charge in [0.25, 0.3) is 0 Å². The van der Waals surface area contributed by atoms with Crippen LogP contribution >= 0.6 is 12.4 Å². The van der Waals surface area contributed by atoms with Crippen molar-refractivity contribution < 1.29 is 35.4 Å². The average Bonchev–Trinajstić information content (AvgIpc) is 1.87. The van der Waals surface area contributed by atoms with Crippen LogP contribution in [0, 0.1) is 0 Å². The van der Waals surface area contributed by atoms with E-state index < -0.39 is 7.32 Å². The van der Waals surface area contributed by atoms with Gasteiger partial charge in [-0.25, -0.2) is 0 Å². The van der Waals surface area contributed by atoms with Crippen LogP contribution in [0.5, 0.6) is 0 Å². The molecule has 0 radical (unpaired) electrons. The third kappa shape index (κ3) is 18.7. The summed E-state index contributed by atoms with van der Waals surface area (Å²) in [5.41, 5.74) is 6.18. The summed E-state index contributed by atoms with van der Waals surface area (Å²) in [6.45, 7) is 0. The summed E-state index contributed by atoms with van der Waals surface area (Å²) in [5, 5.41) is 21.5. The molecule has 5 N–H and O–H groups in total. The van der Waals surface area contributed by atoms with E-state index in [-0.39, 0.29) is 32.7 Å². The van der Waals surface area contributed by atoms with E-state index in [2.05, 4.69) is 0 Å². The third-order valence-corrected chi connectivity index (χ3v) is 0.800. The summed E-state index contributed by atoms with van der Waals surface area (Å²) in [4.78, 5) is 0. The molecule has 1 aromatic rings. The van der Waals surface area contributed by atoms with Gasteiger partial charge in [-0.2, -0.15) is 0 Å². The molecule has 7 heteroatoms. The number of benzene rings is 1. The number of hydrogen-bond donors (Lipinski definition) is 4. The van der Waals surface area contributed by atoms with Crippen molar-refractivity contribution in [2.75, 3.05) is 5.73 Å². The maximum absolute atomic E-state index is 7.17. The number of nitrogen functional groups attached to an aromatic ring is 1. The first-order valence-corrected chi connectivity index (χ1v) is 2.97. The van der Waals surface area contributed by atoms with Crippen molar-refractivity contribution in [1.82, 2.24) is 0 Å². The molecular formula is C6H12BClLiNO3. The van der Waals surface area contributed by atoms with Gasteiger partial charge in [0, 0.05) is 5.69 Å². The number of hydrogen-bond acceptors (Lipinski definition) is 4. The van der Waals surface area contributed by atoms with Gasteiger partial charge in [0.1, 0.15) is 0 Å². The van der Waals surface area contributed by atoms with E-state index in [9.17, 15) is 0 Å². The van der Waals surface area contributed by atoms with Crippen molar-refractivity contribution >= 4 is 25.4 Å². The summed E-state index contributed by atoms with van der Waals surface area (Å²) >= 11 is 0. The Labute approximate surface area is 97.0 Å². The summed E-state index contributed by atoms with van der Waals surface area (Å²) in [6.07, 6.45) is 0. The molecule has 0 fully saturated rings. The first-order chi connectivity index (χ1) is 5.13. The van der Waals surface area contributed by atoms with E-state index in [4.69, 9.17) is 20.8 Å².